The molecule has 2 aromatic rings. The second-order valence-electron chi connectivity index (χ2n) is 4.22. The van der Waals surface area contributed by atoms with Crippen LogP contribution in [-0.4, -0.2) is 17.0 Å². The summed E-state index contributed by atoms with van der Waals surface area (Å²) in [6, 6.07) is 10.4. The molecular weight excluding hydrogens is 258 g/mol. The lowest BCUT2D eigenvalue weighted by molar-refractivity contribution is 0.0696. The van der Waals surface area contributed by atoms with Crippen molar-refractivity contribution in [2.24, 2.45) is 0 Å². The monoisotopic (exact) mass is 271 g/mol. The van der Waals surface area contributed by atoms with Gasteiger partial charge in [0, 0.05) is 22.6 Å². The summed E-state index contributed by atoms with van der Waals surface area (Å²) in [7, 11) is 0. The number of carbonyl (C=O) groups excluding carboxylic acids is 1. The average molecular weight is 271 g/mol. The maximum absolute atomic E-state index is 12.0. The number of nitrogen functional groups attached to an aromatic ring is 2. The number of hydrogen-bond acceptors (Lipinski definition) is 4. The third-order valence-electron chi connectivity index (χ3n) is 2.63. The third-order valence-corrected chi connectivity index (χ3v) is 2.63. The van der Waals surface area contributed by atoms with Gasteiger partial charge < -0.3 is 21.9 Å². The predicted molar refractivity (Wildman–Crippen MR) is 76.6 cm³/mol. The minimum Gasteiger partial charge on any atom is -0.478 e. The van der Waals surface area contributed by atoms with Gasteiger partial charge in [-0.05, 0) is 42.5 Å². The largest absolute Gasteiger partial charge is 0.478 e. The van der Waals surface area contributed by atoms with Crippen LogP contribution in [0.25, 0.3) is 0 Å². The van der Waals surface area contributed by atoms with Crippen LogP contribution < -0.4 is 16.8 Å². The van der Waals surface area contributed by atoms with Crippen molar-refractivity contribution < 1.29 is 14.7 Å². The number of rotatable bonds is 3. The Hall–Kier alpha value is -3.02. The highest BCUT2D eigenvalue weighted by Gasteiger charge is 2.08. The van der Waals surface area contributed by atoms with Crippen molar-refractivity contribution >= 4 is 28.9 Å². The number of hydrogen-bond donors (Lipinski definition) is 4. The van der Waals surface area contributed by atoms with Crippen molar-refractivity contribution in [3.8, 4) is 0 Å². The molecule has 0 aliphatic rings. The van der Waals surface area contributed by atoms with Crippen molar-refractivity contribution in [3.05, 3.63) is 53.6 Å². The molecule has 0 bridgehead atoms. The molecule has 0 radical (unpaired) electrons. The topological polar surface area (TPSA) is 118 Å². The summed E-state index contributed by atoms with van der Waals surface area (Å²) >= 11 is 0. The second kappa shape index (κ2) is 5.31. The van der Waals surface area contributed by atoms with E-state index in [4.69, 9.17) is 16.6 Å². The standard InChI is InChI=1S/C14H13N3O3/c15-10-5-9(6-11(16)7-10)13(18)17-12-3-1-8(2-4-12)14(19)20/h1-7H,15-16H2,(H,17,18)(H,19,20). The molecule has 20 heavy (non-hydrogen) atoms. The SMILES string of the molecule is Nc1cc(N)cc(C(=O)Nc2ccc(C(=O)O)cc2)c1. The van der Waals surface area contributed by atoms with Crippen LogP contribution in [0.5, 0.6) is 0 Å². The Morgan fingerprint density at radius 2 is 1.45 bits per heavy atom. The van der Waals surface area contributed by atoms with Crippen LogP contribution in [0.2, 0.25) is 0 Å². The molecule has 0 saturated heterocycles. The van der Waals surface area contributed by atoms with E-state index in [-0.39, 0.29) is 11.5 Å². The average Bonchev–Trinajstić information content (AvgIpc) is 2.38. The van der Waals surface area contributed by atoms with Gasteiger partial charge in [0.2, 0.25) is 0 Å². The molecule has 0 fully saturated rings. The highest BCUT2D eigenvalue weighted by Crippen LogP contribution is 2.16. The van der Waals surface area contributed by atoms with Gasteiger partial charge in [-0.25, -0.2) is 4.79 Å². The van der Waals surface area contributed by atoms with E-state index in [9.17, 15) is 9.59 Å². The molecule has 6 nitrogen and oxygen atoms in total. The van der Waals surface area contributed by atoms with E-state index in [0.29, 0.717) is 22.6 Å². The highest BCUT2D eigenvalue weighted by molar-refractivity contribution is 6.05. The molecule has 0 aliphatic heterocycles. The molecular formula is C14H13N3O3. The molecule has 0 unspecified atom stereocenters. The maximum atomic E-state index is 12.0. The summed E-state index contributed by atoms with van der Waals surface area (Å²) in [5.74, 6) is -1.39. The van der Waals surface area contributed by atoms with Crippen LogP contribution in [0.3, 0.4) is 0 Å². The van der Waals surface area contributed by atoms with Crippen LogP contribution in [0.1, 0.15) is 20.7 Å². The van der Waals surface area contributed by atoms with E-state index in [2.05, 4.69) is 5.32 Å². The number of nitrogens with two attached hydrogens (primary N) is 2. The van der Waals surface area contributed by atoms with Gasteiger partial charge in [0.05, 0.1) is 5.56 Å². The van der Waals surface area contributed by atoms with Gasteiger partial charge in [-0.15, -0.1) is 0 Å². The molecule has 2 rings (SSSR count). The van der Waals surface area contributed by atoms with Crippen molar-refractivity contribution in [2.75, 3.05) is 16.8 Å². The Labute approximate surface area is 115 Å². The minimum absolute atomic E-state index is 0.149. The quantitative estimate of drug-likeness (QED) is 0.635. The molecule has 102 valence electrons. The zero-order valence-corrected chi connectivity index (χ0v) is 10.5. The number of anilines is 3. The van der Waals surface area contributed by atoms with E-state index in [1.54, 1.807) is 6.07 Å². The summed E-state index contributed by atoms with van der Waals surface area (Å²) in [4.78, 5) is 22.7. The van der Waals surface area contributed by atoms with E-state index in [0.717, 1.165) is 0 Å². The zero-order valence-electron chi connectivity index (χ0n) is 10.5. The minimum atomic E-state index is -1.02. The number of carboxylic acid groups (broad SMARTS) is 1. The molecule has 0 aromatic heterocycles. The molecule has 2 aromatic carbocycles. The van der Waals surface area contributed by atoms with E-state index in [1.807, 2.05) is 0 Å². The smallest absolute Gasteiger partial charge is 0.335 e. The third kappa shape index (κ3) is 3.05. The Morgan fingerprint density at radius 1 is 0.900 bits per heavy atom. The number of benzene rings is 2. The number of carboxylic acids is 1. The predicted octanol–water partition coefficient (Wildman–Crippen LogP) is 1.80. The van der Waals surface area contributed by atoms with Crippen LogP contribution in [0.4, 0.5) is 17.1 Å². The molecule has 6 N–H and O–H groups in total. The lowest BCUT2D eigenvalue weighted by Crippen LogP contribution is -2.12. The molecule has 6 heteroatoms. The Morgan fingerprint density at radius 3 is 1.95 bits per heavy atom. The molecule has 0 heterocycles. The molecule has 1 amide bonds. The fourth-order valence-corrected chi connectivity index (χ4v) is 1.71. The second-order valence-corrected chi connectivity index (χ2v) is 4.22. The van der Waals surface area contributed by atoms with Crippen molar-refractivity contribution in [1.82, 2.24) is 0 Å². The van der Waals surface area contributed by atoms with Crippen LogP contribution >= 0.6 is 0 Å². The Bertz CT molecular complexity index is 646. The Kier molecular flexibility index (Phi) is 3.56. The molecule has 0 saturated carbocycles. The zero-order chi connectivity index (χ0) is 14.7. The number of aromatic carboxylic acids is 1. The van der Waals surface area contributed by atoms with Crippen LogP contribution in [0.15, 0.2) is 42.5 Å². The number of amides is 1. The van der Waals surface area contributed by atoms with Crippen molar-refractivity contribution in [1.29, 1.82) is 0 Å². The summed E-state index contributed by atoms with van der Waals surface area (Å²) in [6.45, 7) is 0. The summed E-state index contributed by atoms with van der Waals surface area (Å²) in [5, 5.41) is 11.4. The van der Waals surface area contributed by atoms with Crippen LogP contribution in [0, 0.1) is 0 Å². The van der Waals surface area contributed by atoms with Gasteiger partial charge in [-0.3, -0.25) is 4.79 Å². The first-order valence-electron chi connectivity index (χ1n) is 5.76. The summed E-state index contributed by atoms with van der Waals surface area (Å²) in [6.07, 6.45) is 0. The normalized spacial score (nSPS) is 10.0. The lowest BCUT2D eigenvalue weighted by Gasteiger charge is -2.07. The van der Waals surface area contributed by atoms with Crippen molar-refractivity contribution in [3.63, 3.8) is 0 Å². The fourth-order valence-electron chi connectivity index (χ4n) is 1.71. The first kappa shape index (κ1) is 13.4. The molecule has 0 spiro atoms. The molecule has 0 aliphatic carbocycles. The first-order chi connectivity index (χ1) is 9.45. The summed E-state index contributed by atoms with van der Waals surface area (Å²) < 4.78 is 0. The van der Waals surface area contributed by atoms with Gasteiger partial charge in [-0.2, -0.15) is 0 Å². The molecule has 0 atom stereocenters. The van der Waals surface area contributed by atoms with Gasteiger partial charge in [0.25, 0.3) is 5.91 Å². The highest BCUT2D eigenvalue weighted by atomic mass is 16.4. The van der Waals surface area contributed by atoms with Crippen LogP contribution in [-0.2, 0) is 0 Å². The maximum Gasteiger partial charge on any atom is 0.335 e. The lowest BCUT2D eigenvalue weighted by atomic mass is 10.1. The van der Waals surface area contributed by atoms with E-state index < -0.39 is 5.97 Å². The van der Waals surface area contributed by atoms with Gasteiger partial charge in [-0.1, -0.05) is 0 Å². The van der Waals surface area contributed by atoms with E-state index in [1.165, 1.54) is 36.4 Å². The van der Waals surface area contributed by atoms with Gasteiger partial charge >= 0.3 is 5.97 Å². The van der Waals surface area contributed by atoms with Crippen molar-refractivity contribution in [2.45, 2.75) is 0 Å². The van der Waals surface area contributed by atoms with Gasteiger partial charge in [0.1, 0.15) is 0 Å². The number of nitrogens with one attached hydrogen (secondary N) is 1. The Balaban J connectivity index is 2.16. The van der Waals surface area contributed by atoms with E-state index >= 15 is 0 Å². The summed E-state index contributed by atoms with van der Waals surface area (Å²) in [5.41, 5.74) is 13.0. The fraction of sp³-hybridized carbons (Fsp3) is 0. The number of carbonyl (C=O) groups is 2. The van der Waals surface area contributed by atoms with Gasteiger partial charge in [0.15, 0.2) is 0 Å². The first-order valence-corrected chi connectivity index (χ1v) is 5.76.